The van der Waals surface area contributed by atoms with E-state index in [4.69, 9.17) is 4.52 Å². The summed E-state index contributed by atoms with van der Waals surface area (Å²) in [5.74, 6) is 1.77. The van der Waals surface area contributed by atoms with Gasteiger partial charge in [0.25, 0.3) is 0 Å². The van der Waals surface area contributed by atoms with Crippen molar-refractivity contribution in [2.75, 3.05) is 11.9 Å². The smallest absolute Gasteiger partial charge is 0.237 e. The zero-order valence-electron chi connectivity index (χ0n) is 11.3. The highest BCUT2D eigenvalue weighted by atomic mass is 32.2. The quantitative estimate of drug-likeness (QED) is 0.698. The van der Waals surface area contributed by atoms with Gasteiger partial charge in [0.15, 0.2) is 4.34 Å². The molecule has 2 heterocycles. The molecule has 0 saturated heterocycles. The lowest BCUT2D eigenvalue weighted by atomic mass is 10.2. The van der Waals surface area contributed by atoms with E-state index in [1.807, 2.05) is 37.3 Å². The molecule has 3 rings (SSSR count). The highest BCUT2D eigenvalue weighted by molar-refractivity contribution is 8.00. The van der Waals surface area contributed by atoms with Gasteiger partial charge >= 0.3 is 0 Å². The second-order valence-electron chi connectivity index (χ2n) is 4.07. The van der Waals surface area contributed by atoms with Crippen LogP contribution < -0.4 is 5.32 Å². The van der Waals surface area contributed by atoms with Crippen LogP contribution in [0.25, 0.3) is 11.4 Å². The molecule has 8 heteroatoms. The number of thioether (sulfide) groups is 1. The van der Waals surface area contributed by atoms with Crippen molar-refractivity contribution in [1.29, 1.82) is 0 Å². The van der Waals surface area contributed by atoms with Gasteiger partial charge in [-0.2, -0.15) is 4.98 Å². The Morgan fingerprint density at radius 3 is 2.90 bits per heavy atom. The molecule has 0 spiro atoms. The predicted octanol–water partition coefficient (Wildman–Crippen LogP) is 3.31. The van der Waals surface area contributed by atoms with Crippen molar-refractivity contribution in [3.63, 3.8) is 0 Å². The molecule has 0 aliphatic heterocycles. The molecule has 0 radical (unpaired) electrons. The van der Waals surface area contributed by atoms with E-state index >= 15 is 0 Å². The minimum Gasteiger partial charge on any atom is -0.360 e. The van der Waals surface area contributed by atoms with Crippen LogP contribution in [0.1, 0.15) is 12.8 Å². The summed E-state index contributed by atoms with van der Waals surface area (Å²) in [5.41, 5.74) is 0.947. The third-order valence-corrected chi connectivity index (χ3v) is 4.55. The molecule has 1 aromatic carbocycles. The minimum atomic E-state index is 0.582. The van der Waals surface area contributed by atoms with Crippen molar-refractivity contribution in [2.24, 2.45) is 0 Å². The van der Waals surface area contributed by atoms with Gasteiger partial charge in [-0.15, -0.1) is 10.2 Å². The van der Waals surface area contributed by atoms with Gasteiger partial charge in [-0.1, -0.05) is 58.6 Å². The normalized spacial score (nSPS) is 10.7. The van der Waals surface area contributed by atoms with Crippen LogP contribution in [0.2, 0.25) is 0 Å². The maximum Gasteiger partial charge on any atom is 0.237 e. The molecule has 0 aliphatic rings. The number of nitrogens with zero attached hydrogens (tertiary/aromatic N) is 4. The summed E-state index contributed by atoms with van der Waals surface area (Å²) in [5, 5.41) is 16.1. The van der Waals surface area contributed by atoms with Crippen LogP contribution in [0.5, 0.6) is 0 Å². The summed E-state index contributed by atoms with van der Waals surface area (Å²) < 4.78 is 6.13. The largest absolute Gasteiger partial charge is 0.360 e. The summed E-state index contributed by atoms with van der Waals surface area (Å²) >= 11 is 3.06. The van der Waals surface area contributed by atoms with Crippen molar-refractivity contribution in [2.45, 2.75) is 17.0 Å². The Balaban J connectivity index is 1.62. The summed E-state index contributed by atoms with van der Waals surface area (Å²) in [7, 11) is 0. The first-order valence-electron chi connectivity index (χ1n) is 6.43. The second kappa shape index (κ2) is 6.68. The molecular formula is C13H13N5OS2. The van der Waals surface area contributed by atoms with Crippen molar-refractivity contribution >= 4 is 28.2 Å². The lowest BCUT2D eigenvalue weighted by Gasteiger charge is -1.92. The minimum absolute atomic E-state index is 0.582. The van der Waals surface area contributed by atoms with E-state index in [9.17, 15) is 0 Å². The SMILES string of the molecule is CCNc1nnc(SCc2nc(-c3ccccc3)no2)s1. The van der Waals surface area contributed by atoms with Gasteiger partial charge in [0.1, 0.15) is 0 Å². The number of rotatable bonds is 6. The molecule has 0 amide bonds. The number of aromatic nitrogens is 4. The van der Waals surface area contributed by atoms with Crippen LogP contribution in [0, 0.1) is 0 Å². The first-order valence-corrected chi connectivity index (χ1v) is 8.23. The van der Waals surface area contributed by atoms with E-state index in [-0.39, 0.29) is 0 Å². The van der Waals surface area contributed by atoms with Crippen LogP contribution >= 0.6 is 23.1 Å². The average Bonchev–Trinajstić information content (AvgIpc) is 3.16. The fraction of sp³-hybridized carbons (Fsp3) is 0.231. The molecule has 0 bridgehead atoms. The van der Waals surface area contributed by atoms with E-state index in [1.54, 1.807) is 0 Å². The van der Waals surface area contributed by atoms with Crippen LogP contribution in [0.15, 0.2) is 39.2 Å². The van der Waals surface area contributed by atoms with E-state index in [0.29, 0.717) is 17.5 Å². The third-order valence-electron chi connectivity index (χ3n) is 2.55. The molecule has 0 aliphatic carbocycles. The van der Waals surface area contributed by atoms with Crippen LogP contribution in [0.3, 0.4) is 0 Å². The van der Waals surface area contributed by atoms with E-state index in [0.717, 1.165) is 21.6 Å². The fourth-order valence-electron chi connectivity index (χ4n) is 1.63. The average molecular weight is 319 g/mol. The van der Waals surface area contributed by atoms with Crippen molar-refractivity contribution in [1.82, 2.24) is 20.3 Å². The van der Waals surface area contributed by atoms with E-state index in [1.165, 1.54) is 23.1 Å². The van der Waals surface area contributed by atoms with Crippen LogP contribution in [-0.4, -0.2) is 26.9 Å². The lowest BCUT2D eigenvalue weighted by molar-refractivity contribution is 0.391. The molecular weight excluding hydrogens is 306 g/mol. The molecule has 108 valence electrons. The van der Waals surface area contributed by atoms with E-state index in [2.05, 4.69) is 25.7 Å². The number of hydrogen-bond donors (Lipinski definition) is 1. The fourth-order valence-corrected chi connectivity index (χ4v) is 3.29. The zero-order chi connectivity index (χ0) is 14.5. The highest BCUT2D eigenvalue weighted by Crippen LogP contribution is 2.28. The Morgan fingerprint density at radius 2 is 2.10 bits per heavy atom. The number of benzene rings is 1. The third kappa shape index (κ3) is 3.59. The number of nitrogens with one attached hydrogen (secondary N) is 1. The number of hydrogen-bond acceptors (Lipinski definition) is 8. The van der Waals surface area contributed by atoms with Crippen molar-refractivity contribution < 1.29 is 4.52 Å². The van der Waals surface area contributed by atoms with Crippen molar-refractivity contribution in [3.8, 4) is 11.4 Å². The Labute approximate surface area is 130 Å². The van der Waals surface area contributed by atoms with Gasteiger partial charge in [0, 0.05) is 12.1 Å². The first-order chi connectivity index (χ1) is 10.3. The van der Waals surface area contributed by atoms with Crippen LogP contribution in [0.4, 0.5) is 5.13 Å². The molecule has 0 unspecified atom stereocenters. The van der Waals surface area contributed by atoms with Crippen molar-refractivity contribution in [3.05, 3.63) is 36.2 Å². The molecule has 2 aromatic heterocycles. The summed E-state index contributed by atoms with van der Waals surface area (Å²) in [6, 6.07) is 9.76. The first kappa shape index (κ1) is 14.0. The van der Waals surface area contributed by atoms with Crippen LogP contribution in [-0.2, 0) is 5.75 Å². The molecule has 6 nitrogen and oxygen atoms in total. The monoisotopic (exact) mass is 319 g/mol. The lowest BCUT2D eigenvalue weighted by Crippen LogP contribution is -1.94. The van der Waals surface area contributed by atoms with Gasteiger partial charge in [-0.3, -0.25) is 0 Å². The van der Waals surface area contributed by atoms with E-state index < -0.39 is 0 Å². The Hall–Kier alpha value is -1.93. The van der Waals surface area contributed by atoms with Gasteiger partial charge in [-0.05, 0) is 6.92 Å². The Morgan fingerprint density at radius 1 is 1.24 bits per heavy atom. The maximum atomic E-state index is 5.25. The van der Waals surface area contributed by atoms with Gasteiger partial charge < -0.3 is 9.84 Å². The molecule has 0 saturated carbocycles. The number of anilines is 1. The molecule has 0 atom stereocenters. The Kier molecular flexibility index (Phi) is 4.46. The van der Waals surface area contributed by atoms with Gasteiger partial charge in [0.05, 0.1) is 5.75 Å². The van der Waals surface area contributed by atoms with Gasteiger partial charge in [0.2, 0.25) is 16.8 Å². The zero-order valence-corrected chi connectivity index (χ0v) is 12.9. The Bertz CT molecular complexity index is 697. The molecule has 3 aromatic rings. The maximum absolute atomic E-state index is 5.25. The standard InChI is InChI=1S/C13H13N5OS2/c1-2-14-12-16-17-13(21-12)20-8-10-15-11(18-19-10)9-6-4-3-5-7-9/h3-7H,2,8H2,1H3,(H,14,16). The molecule has 0 fully saturated rings. The summed E-state index contributed by atoms with van der Waals surface area (Å²) in [6.45, 7) is 2.86. The topological polar surface area (TPSA) is 76.7 Å². The van der Waals surface area contributed by atoms with Gasteiger partial charge in [-0.25, -0.2) is 0 Å². The summed E-state index contributed by atoms with van der Waals surface area (Å²) in [6.07, 6.45) is 0. The molecule has 21 heavy (non-hydrogen) atoms. The molecule has 1 N–H and O–H groups in total. The highest BCUT2D eigenvalue weighted by Gasteiger charge is 2.10. The second-order valence-corrected chi connectivity index (χ2v) is 6.27. The summed E-state index contributed by atoms with van der Waals surface area (Å²) in [4.78, 5) is 4.38. The predicted molar refractivity (Wildman–Crippen MR) is 83.4 cm³/mol.